The van der Waals surface area contributed by atoms with Gasteiger partial charge in [0, 0.05) is 36.9 Å². The number of piperidine rings is 1. The van der Waals surface area contributed by atoms with Crippen LogP contribution in [0.5, 0.6) is 0 Å². The molecule has 3 heterocycles. The number of hydrogen-bond acceptors (Lipinski definition) is 5. The first-order chi connectivity index (χ1) is 17.5. The number of aryl methyl sites for hydroxylation is 1. The number of carbonyl (C=O) groups is 2. The number of carbonyl (C=O) groups excluding carboxylic acids is 2. The van der Waals surface area contributed by atoms with Crippen molar-refractivity contribution in [1.29, 1.82) is 0 Å². The van der Waals surface area contributed by atoms with Crippen molar-refractivity contribution in [2.24, 2.45) is 11.8 Å². The second-order valence-corrected chi connectivity index (χ2v) is 11.5. The van der Waals surface area contributed by atoms with Crippen molar-refractivity contribution in [3.63, 3.8) is 0 Å². The van der Waals surface area contributed by atoms with Gasteiger partial charge in [-0.3, -0.25) is 19.5 Å². The SMILES string of the molecule is Cc1ccccc1N1CC(C)(C)N([C@H]2CNC[C@@H](C(=O)N[C@@H](CC(C)C)c3ccc(F)cn3)C2)CC1=O. The molecule has 2 amide bonds. The zero-order valence-electron chi connectivity index (χ0n) is 22.6. The molecule has 3 atom stereocenters. The minimum atomic E-state index is -0.391. The maximum absolute atomic E-state index is 13.4. The molecule has 0 radical (unpaired) electrons. The van der Waals surface area contributed by atoms with Gasteiger partial charge in [0.25, 0.3) is 0 Å². The largest absolute Gasteiger partial charge is 0.347 e. The number of aromatic nitrogens is 1. The van der Waals surface area contributed by atoms with E-state index < -0.39 is 5.82 Å². The van der Waals surface area contributed by atoms with Crippen molar-refractivity contribution >= 4 is 17.5 Å². The fourth-order valence-corrected chi connectivity index (χ4v) is 5.68. The van der Waals surface area contributed by atoms with E-state index >= 15 is 0 Å². The van der Waals surface area contributed by atoms with E-state index in [1.165, 1.54) is 12.3 Å². The molecule has 0 unspecified atom stereocenters. The molecule has 8 heteroatoms. The molecule has 2 aromatic rings. The van der Waals surface area contributed by atoms with Crippen molar-refractivity contribution in [1.82, 2.24) is 20.5 Å². The lowest BCUT2D eigenvalue weighted by atomic mass is 9.88. The molecular weight excluding hydrogens is 469 g/mol. The number of benzene rings is 1. The highest BCUT2D eigenvalue weighted by Gasteiger charge is 2.44. The van der Waals surface area contributed by atoms with Gasteiger partial charge in [-0.1, -0.05) is 32.0 Å². The number of halogens is 1. The number of rotatable bonds is 7. The minimum absolute atomic E-state index is 0.0309. The zero-order chi connectivity index (χ0) is 26.7. The van der Waals surface area contributed by atoms with Crippen molar-refractivity contribution in [2.45, 2.75) is 65.1 Å². The fraction of sp³-hybridized carbons (Fsp3) is 0.552. The van der Waals surface area contributed by atoms with Crippen LogP contribution in [0.3, 0.4) is 0 Å². The topological polar surface area (TPSA) is 77.6 Å². The Balaban J connectivity index is 1.45. The van der Waals surface area contributed by atoms with Gasteiger partial charge in [0.15, 0.2) is 0 Å². The Morgan fingerprint density at radius 1 is 1.22 bits per heavy atom. The van der Waals surface area contributed by atoms with E-state index in [-0.39, 0.29) is 35.4 Å². The molecule has 0 bridgehead atoms. The van der Waals surface area contributed by atoms with E-state index in [1.807, 2.05) is 36.1 Å². The summed E-state index contributed by atoms with van der Waals surface area (Å²) in [5.74, 6) is -0.228. The molecule has 0 saturated carbocycles. The number of hydrogen-bond donors (Lipinski definition) is 2. The molecule has 2 aliphatic rings. The van der Waals surface area contributed by atoms with E-state index in [4.69, 9.17) is 0 Å². The molecule has 200 valence electrons. The lowest BCUT2D eigenvalue weighted by molar-refractivity contribution is -0.129. The Morgan fingerprint density at radius 2 is 1.97 bits per heavy atom. The summed E-state index contributed by atoms with van der Waals surface area (Å²) in [6.07, 6.45) is 2.59. The Labute approximate surface area is 219 Å². The third-order valence-electron chi connectivity index (χ3n) is 7.61. The predicted octanol–water partition coefficient (Wildman–Crippen LogP) is 3.84. The van der Waals surface area contributed by atoms with Crippen LogP contribution in [0.15, 0.2) is 42.6 Å². The lowest BCUT2D eigenvalue weighted by Crippen LogP contribution is -2.67. The molecule has 2 N–H and O–H groups in total. The number of piperazine rings is 1. The van der Waals surface area contributed by atoms with Gasteiger partial charge in [0.1, 0.15) is 5.82 Å². The average molecular weight is 510 g/mol. The van der Waals surface area contributed by atoms with Gasteiger partial charge in [-0.15, -0.1) is 0 Å². The second kappa shape index (κ2) is 11.3. The van der Waals surface area contributed by atoms with Crippen LogP contribution >= 0.6 is 0 Å². The third kappa shape index (κ3) is 6.36. The van der Waals surface area contributed by atoms with Crippen LogP contribution in [-0.4, -0.2) is 59.5 Å². The van der Waals surface area contributed by atoms with Gasteiger partial charge in [-0.05, 0) is 63.3 Å². The molecule has 7 nitrogen and oxygen atoms in total. The summed E-state index contributed by atoms with van der Waals surface area (Å²) < 4.78 is 13.4. The summed E-state index contributed by atoms with van der Waals surface area (Å²) in [6.45, 7) is 12.8. The van der Waals surface area contributed by atoms with Gasteiger partial charge in [0.05, 0.1) is 30.4 Å². The molecule has 0 spiro atoms. The third-order valence-corrected chi connectivity index (χ3v) is 7.61. The highest BCUT2D eigenvalue weighted by Crippen LogP contribution is 2.32. The molecule has 37 heavy (non-hydrogen) atoms. The van der Waals surface area contributed by atoms with Crippen molar-refractivity contribution in [3.05, 3.63) is 59.7 Å². The first-order valence-corrected chi connectivity index (χ1v) is 13.3. The summed E-state index contributed by atoms with van der Waals surface area (Å²) in [5.41, 5.74) is 2.47. The van der Waals surface area contributed by atoms with E-state index in [1.54, 1.807) is 6.07 Å². The summed E-state index contributed by atoms with van der Waals surface area (Å²) in [7, 11) is 0. The van der Waals surface area contributed by atoms with Crippen LogP contribution in [0.4, 0.5) is 10.1 Å². The summed E-state index contributed by atoms with van der Waals surface area (Å²) in [4.78, 5) is 35.1. The van der Waals surface area contributed by atoms with Gasteiger partial charge in [0.2, 0.25) is 11.8 Å². The smallest absolute Gasteiger partial charge is 0.241 e. The van der Waals surface area contributed by atoms with Crippen molar-refractivity contribution < 1.29 is 14.0 Å². The number of amides is 2. The standard InChI is InChI=1S/C29H40FN5O2/c1-19(2)12-25(24-11-10-22(30)15-32-24)33-28(37)21-13-23(16-31-14-21)35-17-27(36)34(18-29(35,4)5)26-9-7-6-8-20(26)3/h6-11,15,19,21,23,25,31H,12-14,16-18H2,1-5H3,(H,33,37)/t21-,23+,25-/m0/s1. The summed E-state index contributed by atoms with van der Waals surface area (Å²) in [5, 5.41) is 6.62. The number of nitrogens with zero attached hydrogens (tertiary/aromatic N) is 3. The Morgan fingerprint density at radius 3 is 2.65 bits per heavy atom. The Hall–Kier alpha value is -2.84. The minimum Gasteiger partial charge on any atom is -0.347 e. The van der Waals surface area contributed by atoms with Gasteiger partial charge < -0.3 is 15.5 Å². The number of pyridine rings is 1. The van der Waals surface area contributed by atoms with Gasteiger partial charge in [-0.2, -0.15) is 0 Å². The second-order valence-electron chi connectivity index (χ2n) is 11.5. The highest BCUT2D eigenvalue weighted by molar-refractivity contribution is 5.96. The molecule has 4 rings (SSSR count). The van der Waals surface area contributed by atoms with Crippen LogP contribution in [-0.2, 0) is 9.59 Å². The quantitative estimate of drug-likeness (QED) is 0.593. The molecule has 1 aromatic carbocycles. The Bertz CT molecular complexity index is 1100. The lowest BCUT2D eigenvalue weighted by Gasteiger charge is -2.51. The van der Waals surface area contributed by atoms with E-state index in [9.17, 15) is 14.0 Å². The van der Waals surface area contributed by atoms with Crippen LogP contribution in [0.1, 0.15) is 57.8 Å². The molecule has 2 fully saturated rings. The first kappa shape index (κ1) is 27.2. The van der Waals surface area contributed by atoms with Crippen LogP contribution in [0, 0.1) is 24.6 Å². The van der Waals surface area contributed by atoms with Crippen LogP contribution < -0.4 is 15.5 Å². The van der Waals surface area contributed by atoms with Crippen LogP contribution in [0.2, 0.25) is 0 Å². The van der Waals surface area contributed by atoms with Gasteiger partial charge >= 0.3 is 0 Å². The van der Waals surface area contributed by atoms with E-state index in [0.717, 1.165) is 24.2 Å². The van der Waals surface area contributed by atoms with Gasteiger partial charge in [-0.25, -0.2) is 4.39 Å². The average Bonchev–Trinajstić information content (AvgIpc) is 2.85. The first-order valence-electron chi connectivity index (χ1n) is 13.3. The Kier molecular flexibility index (Phi) is 8.29. The van der Waals surface area contributed by atoms with Crippen molar-refractivity contribution in [2.75, 3.05) is 31.1 Å². The summed E-state index contributed by atoms with van der Waals surface area (Å²) >= 11 is 0. The fourth-order valence-electron chi connectivity index (χ4n) is 5.68. The van der Waals surface area contributed by atoms with E-state index in [2.05, 4.69) is 48.2 Å². The summed E-state index contributed by atoms with van der Waals surface area (Å²) in [6, 6.07) is 10.8. The van der Waals surface area contributed by atoms with Crippen molar-refractivity contribution in [3.8, 4) is 0 Å². The molecule has 0 aliphatic carbocycles. The maximum atomic E-state index is 13.4. The molecule has 2 saturated heterocycles. The monoisotopic (exact) mass is 509 g/mol. The number of para-hydroxylation sites is 1. The molecule has 2 aliphatic heterocycles. The predicted molar refractivity (Wildman–Crippen MR) is 144 cm³/mol. The molecule has 1 aromatic heterocycles. The molecular formula is C29H40FN5O2. The number of nitrogens with one attached hydrogen (secondary N) is 2. The van der Waals surface area contributed by atoms with Crippen LogP contribution in [0.25, 0.3) is 0 Å². The highest BCUT2D eigenvalue weighted by atomic mass is 19.1. The number of anilines is 1. The van der Waals surface area contributed by atoms with E-state index in [0.29, 0.717) is 37.7 Å². The zero-order valence-corrected chi connectivity index (χ0v) is 22.6. The maximum Gasteiger partial charge on any atom is 0.241 e. The normalized spacial score (nSPS) is 23.2.